The smallest absolute Gasteiger partial charge is 0.123 e. The zero-order valence-corrected chi connectivity index (χ0v) is 11.2. The first kappa shape index (κ1) is 13.6. The van der Waals surface area contributed by atoms with Crippen molar-refractivity contribution < 1.29 is 4.74 Å². The van der Waals surface area contributed by atoms with Gasteiger partial charge in [-0.1, -0.05) is 48.5 Å². The minimum absolute atomic E-state index is 0.528. The predicted octanol–water partition coefficient (Wildman–Crippen LogP) is 3.55. The zero-order chi connectivity index (χ0) is 13.3. The van der Waals surface area contributed by atoms with Crippen LogP contribution < -0.4 is 10.5 Å². The fourth-order valence-electron chi connectivity index (χ4n) is 2.07. The summed E-state index contributed by atoms with van der Waals surface area (Å²) in [5.41, 5.74) is 8.15. The highest BCUT2D eigenvalue weighted by Gasteiger charge is 2.00. The highest BCUT2D eigenvalue weighted by molar-refractivity contribution is 5.32. The number of para-hydroxylation sites is 1. The molecule has 0 aromatic heterocycles. The largest absolute Gasteiger partial charge is 0.493 e. The molecule has 0 bridgehead atoms. The number of rotatable bonds is 7. The van der Waals surface area contributed by atoms with Crippen LogP contribution >= 0.6 is 0 Å². The molecule has 0 saturated heterocycles. The molecule has 0 fully saturated rings. The summed E-state index contributed by atoms with van der Waals surface area (Å²) in [4.78, 5) is 0. The Morgan fingerprint density at radius 3 is 2.37 bits per heavy atom. The fraction of sp³-hybridized carbons (Fsp3) is 0.294. The van der Waals surface area contributed by atoms with E-state index in [4.69, 9.17) is 10.5 Å². The molecule has 2 aromatic rings. The monoisotopic (exact) mass is 255 g/mol. The first-order valence-corrected chi connectivity index (χ1v) is 6.85. The molecule has 2 rings (SSSR count). The number of nitrogens with two attached hydrogens (primary N) is 1. The van der Waals surface area contributed by atoms with E-state index in [-0.39, 0.29) is 0 Å². The van der Waals surface area contributed by atoms with Crippen LogP contribution in [-0.2, 0) is 13.0 Å². The van der Waals surface area contributed by atoms with E-state index in [2.05, 4.69) is 30.3 Å². The Hall–Kier alpha value is -1.80. The van der Waals surface area contributed by atoms with Crippen LogP contribution in [0.1, 0.15) is 24.0 Å². The molecule has 0 atom stereocenters. The van der Waals surface area contributed by atoms with Crippen molar-refractivity contribution in [2.45, 2.75) is 25.8 Å². The standard InChI is InChI=1S/C17H21NO/c18-14-16-11-4-5-12-17(16)19-13-7-6-10-15-8-2-1-3-9-15/h1-5,8-9,11-12H,6-7,10,13-14,18H2. The highest BCUT2D eigenvalue weighted by Crippen LogP contribution is 2.17. The summed E-state index contributed by atoms with van der Waals surface area (Å²) in [6.45, 7) is 1.28. The lowest BCUT2D eigenvalue weighted by atomic mass is 10.1. The van der Waals surface area contributed by atoms with Gasteiger partial charge in [0.1, 0.15) is 5.75 Å². The lowest BCUT2D eigenvalue weighted by Gasteiger charge is -2.10. The van der Waals surface area contributed by atoms with E-state index in [1.807, 2.05) is 24.3 Å². The van der Waals surface area contributed by atoms with Gasteiger partial charge in [-0.05, 0) is 30.9 Å². The molecule has 0 spiro atoms. The summed E-state index contributed by atoms with van der Waals surface area (Å²) in [7, 11) is 0. The first-order chi connectivity index (χ1) is 9.40. The van der Waals surface area contributed by atoms with Crippen molar-refractivity contribution >= 4 is 0 Å². The molecule has 0 radical (unpaired) electrons. The van der Waals surface area contributed by atoms with E-state index in [9.17, 15) is 0 Å². The van der Waals surface area contributed by atoms with Gasteiger partial charge < -0.3 is 10.5 Å². The van der Waals surface area contributed by atoms with Crippen LogP contribution in [0.4, 0.5) is 0 Å². The number of unbranched alkanes of at least 4 members (excludes halogenated alkanes) is 1. The van der Waals surface area contributed by atoms with E-state index in [0.29, 0.717) is 6.54 Å². The minimum Gasteiger partial charge on any atom is -0.493 e. The molecule has 0 unspecified atom stereocenters. The van der Waals surface area contributed by atoms with Crippen molar-refractivity contribution in [1.29, 1.82) is 0 Å². The van der Waals surface area contributed by atoms with Gasteiger partial charge >= 0.3 is 0 Å². The predicted molar refractivity (Wildman–Crippen MR) is 79.2 cm³/mol. The molecular formula is C17H21NO. The van der Waals surface area contributed by atoms with E-state index >= 15 is 0 Å². The molecule has 0 aliphatic carbocycles. The summed E-state index contributed by atoms with van der Waals surface area (Å²) in [5.74, 6) is 0.921. The fourth-order valence-corrected chi connectivity index (χ4v) is 2.07. The van der Waals surface area contributed by atoms with Crippen molar-refractivity contribution in [3.63, 3.8) is 0 Å². The normalized spacial score (nSPS) is 10.4. The third-order valence-electron chi connectivity index (χ3n) is 3.15. The molecule has 0 heterocycles. The van der Waals surface area contributed by atoms with Crippen LogP contribution in [0.25, 0.3) is 0 Å². The molecular weight excluding hydrogens is 234 g/mol. The van der Waals surface area contributed by atoms with E-state index in [1.54, 1.807) is 0 Å². The Bertz CT molecular complexity index is 482. The Morgan fingerprint density at radius 1 is 0.842 bits per heavy atom. The Kier molecular flexibility index (Phi) is 5.45. The third-order valence-corrected chi connectivity index (χ3v) is 3.15. The summed E-state index contributed by atoms with van der Waals surface area (Å²) in [6, 6.07) is 18.5. The van der Waals surface area contributed by atoms with Crippen molar-refractivity contribution in [1.82, 2.24) is 0 Å². The molecule has 0 amide bonds. The maximum Gasteiger partial charge on any atom is 0.123 e. The number of benzene rings is 2. The van der Waals surface area contributed by atoms with Gasteiger partial charge in [0.25, 0.3) is 0 Å². The number of aryl methyl sites for hydroxylation is 1. The van der Waals surface area contributed by atoms with Gasteiger partial charge in [-0.15, -0.1) is 0 Å². The van der Waals surface area contributed by atoms with Gasteiger partial charge in [0.15, 0.2) is 0 Å². The molecule has 0 saturated carbocycles. The van der Waals surface area contributed by atoms with Crippen LogP contribution in [0.3, 0.4) is 0 Å². The Labute approximate surface area is 115 Å². The van der Waals surface area contributed by atoms with E-state index in [0.717, 1.165) is 37.2 Å². The van der Waals surface area contributed by atoms with Gasteiger partial charge in [0, 0.05) is 12.1 Å². The quantitative estimate of drug-likeness (QED) is 0.768. The second kappa shape index (κ2) is 7.59. The molecule has 2 aromatic carbocycles. The van der Waals surface area contributed by atoms with Crippen LogP contribution in [0.2, 0.25) is 0 Å². The van der Waals surface area contributed by atoms with Crippen molar-refractivity contribution in [3.05, 3.63) is 65.7 Å². The molecule has 2 nitrogen and oxygen atoms in total. The van der Waals surface area contributed by atoms with Crippen molar-refractivity contribution in [2.75, 3.05) is 6.61 Å². The molecule has 100 valence electrons. The van der Waals surface area contributed by atoms with Crippen LogP contribution in [-0.4, -0.2) is 6.61 Å². The Morgan fingerprint density at radius 2 is 1.58 bits per heavy atom. The number of hydrogen-bond donors (Lipinski definition) is 1. The average Bonchev–Trinajstić information content (AvgIpc) is 2.48. The minimum atomic E-state index is 0.528. The molecule has 2 N–H and O–H groups in total. The summed E-state index contributed by atoms with van der Waals surface area (Å²) in [6.07, 6.45) is 3.32. The third kappa shape index (κ3) is 4.42. The van der Waals surface area contributed by atoms with E-state index < -0.39 is 0 Å². The van der Waals surface area contributed by atoms with E-state index in [1.165, 1.54) is 5.56 Å². The van der Waals surface area contributed by atoms with Crippen molar-refractivity contribution in [3.8, 4) is 5.75 Å². The lowest BCUT2D eigenvalue weighted by Crippen LogP contribution is -2.03. The molecule has 19 heavy (non-hydrogen) atoms. The summed E-state index contributed by atoms with van der Waals surface area (Å²) in [5, 5.41) is 0. The maximum absolute atomic E-state index is 5.79. The summed E-state index contributed by atoms with van der Waals surface area (Å²) < 4.78 is 5.79. The second-order valence-electron chi connectivity index (χ2n) is 4.60. The molecule has 0 aliphatic rings. The van der Waals surface area contributed by atoms with Gasteiger partial charge in [0.05, 0.1) is 6.61 Å². The number of hydrogen-bond acceptors (Lipinski definition) is 2. The average molecular weight is 255 g/mol. The van der Waals surface area contributed by atoms with Crippen molar-refractivity contribution in [2.24, 2.45) is 5.73 Å². The zero-order valence-electron chi connectivity index (χ0n) is 11.2. The maximum atomic E-state index is 5.79. The topological polar surface area (TPSA) is 35.2 Å². The van der Waals surface area contributed by atoms with Crippen LogP contribution in [0, 0.1) is 0 Å². The lowest BCUT2D eigenvalue weighted by molar-refractivity contribution is 0.304. The van der Waals surface area contributed by atoms with Gasteiger partial charge in [-0.2, -0.15) is 0 Å². The second-order valence-corrected chi connectivity index (χ2v) is 4.60. The first-order valence-electron chi connectivity index (χ1n) is 6.85. The van der Waals surface area contributed by atoms with Gasteiger partial charge in [-0.3, -0.25) is 0 Å². The highest BCUT2D eigenvalue weighted by atomic mass is 16.5. The molecule has 2 heteroatoms. The SMILES string of the molecule is NCc1ccccc1OCCCCc1ccccc1. The van der Waals surface area contributed by atoms with Crippen LogP contribution in [0.15, 0.2) is 54.6 Å². The van der Waals surface area contributed by atoms with Gasteiger partial charge in [0.2, 0.25) is 0 Å². The van der Waals surface area contributed by atoms with Crippen LogP contribution in [0.5, 0.6) is 5.75 Å². The number of ether oxygens (including phenoxy) is 1. The Balaban J connectivity index is 1.69. The summed E-state index contributed by atoms with van der Waals surface area (Å²) >= 11 is 0. The van der Waals surface area contributed by atoms with Gasteiger partial charge in [-0.25, -0.2) is 0 Å². The molecule has 0 aliphatic heterocycles.